The van der Waals surface area contributed by atoms with Gasteiger partial charge in [0.15, 0.2) is 5.16 Å². The van der Waals surface area contributed by atoms with Gasteiger partial charge in [-0.25, -0.2) is 18.4 Å². The zero-order chi connectivity index (χ0) is 25.0. The number of rotatable bonds is 8. The maximum Gasteiger partial charge on any atom is 0.268 e. The Morgan fingerprint density at radius 2 is 1.56 bits per heavy atom. The van der Waals surface area contributed by atoms with Crippen molar-refractivity contribution in [2.45, 2.75) is 23.0 Å². The Morgan fingerprint density at radius 3 is 2.31 bits per heavy atom. The number of nitrogens with zero attached hydrogens (tertiary/aromatic N) is 3. The van der Waals surface area contributed by atoms with E-state index in [4.69, 9.17) is 0 Å². The molecule has 4 aromatic rings. The molecule has 0 spiro atoms. The van der Waals surface area contributed by atoms with Crippen LogP contribution in [0.2, 0.25) is 0 Å². The lowest BCUT2D eigenvalue weighted by Crippen LogP contribution is -2.34. The van der Waals surface area contributed by atoms with Crippen LogP contribution in [0.25, 0.3) is 11.3 Å². The third-order valence-corrected chi connectivity index (χ3v) is 8.43. The first-order valence-corrected chi connectivity index (χ1v) is 13.9. The minimum Gasteiger partial charge on any atom is -0.355 e. The van der Waals surface area contributed by atoms with Gasteiger partial charge >= 0.3 is 0 Å². The summed E-state index contributed by atoms with van der Waals surface area (Å²) in [6.45, 7) is 0.747. The van der Waals surface area contributed by atoms with Gasteiger partial charge in [0.2, 0.25) is 5.91 Å². The number of benzene rings is 3. The Morgan fingerprint density at radius 1 is 0.889 bits per heavy atom. The lowest BCUT2D eigenvalue weighted by atomic mass is 10.1. The fourth-order valence-electron chi connectivity index (χ4n) is 4.04. The minimum atomic E-state index is -3.86. The molecule has 5 rings (SSSR count). The molecule has 9 heteroatoms. The zero-order valence-electron chi connectivity index (χ0n) is 19.4. The van der Waals surface area contributed by atoms with Crippen LogP contribution in [0.5, 0.6) is 0 Å². The van der Waals surface area contributed by atoms with E-state index in [1.165, 1.54) is 22.3 Å². The van der Waals surface area contributed by atoms with Crippen LogP contribution in [-0.4, -0.2) is 36.6 Å². The molecule has 0 saturated heterocycles. The third kappa shape index (κ3) is 5.12. The predicted octanol–water partition coefficient (Wildman–Crippen LogP) is 4.30. The van der Waals surface area contributed by atoms with Crippen LogP contribution in [0.3, 0.4) is 0 Å². The molecule has 1 aliphatic heterocycles. The van der Waals surface area contributed by atoms with E-state index in [9.17, 15) is 13.2 Å². The largest absolute Gasteiger partial charge is 0.355 e. The van der Waals surface area contributed by atoms with Crippen molar-refractivity contribution in [2.75, 3.05) is 16.6 Å². The van der Waals surface area contributed by atoms with Gasteiger partial charge in [-0.2, -0.15) is 0 Å². The van der Waals surface area contributed by atoms with E-state index in [0.717, 1.165) is 23.1 Å². The fourth-order valence-corrected chi connectivity index (χ4v) is 6.24. The van der Waals surface area contributed by atoms with Gasteiger partial charge in [0.05, 0.1) is 29.9 Å². The average Bonchev–Trinajstić information content (AvgIpc) is 2.91. The van der Waals surface area contributed by atoms with Gasteiger partial charge in [-0.1, -0.05) is 90.6 Å². The molecule has 182 valence electrons. The summed E-state index contributed by atoms with van der Waals surface area (Å²) in [4.78, 5) is 21.2. The number of carbonyl (C=O) groups excluding carboxylic acids is 1. The molecule has 0 bridgehead atoms. The normalized spacial score (nSPS) is 13.5. The summed E-state index contributed by atoms with van der Waals surface area (Å²) in [5.74, 6) is 0.0153. The molecule has 3 aromatic carbocycles. The SMILES string of the molecule is O=C(CSc1ncc2c(n1)-c1ccccc1N(Cc1ccccc1)S2(=O)=O)NCCc1ccccc1. The van der Waals surface area contributed by atoms with Gasteiger partial charge in [-0.05, 0) is 23.6 Å². The molecule has 0 radical (unpaired) electrons. The topological polar surface area (TPSA) is 92.3 Å². The summed E-state index contributed by atoms with van der Waals surface area (Å²) >= 11 is 1.18. The number of carbonyl (C=O) groups is 1. The van der Waals surface area contributed by atoms with Crippen molar-refractivity contribution in [2.24, 2.45) is 0 Å². The van der Waals surface area contributed by atoms with Gasteiger partial charge in [-0.3, -0.25) is 9.10 Å². The van der Waals surface area contributed by atoms with Gasteiger partial charge < -0.3 is 5.32 Å². The van der Waals surface area contributed by atoms with Crippen molar-refractivity contribution in [3.05, 3.63) is 102 Å². The summed E-state index contributed by atoms with van der Waals surface area (Å²) in [6, 6.07) is 26.7. The molecule has 0 atom stereocenters. The number of nitrogens with one attached hydrogen (secondary N) is 1. The number of thioether (sulfide) groups is 1. The zero-order valence-corrected chi connectivity index (χ0v) is 21.0. The molecular formula is C27H24N4O3S2. The van der Waals surface area contributed by atoms with E-state index in [2.05, 4.69) is 15.3 Å². The van der Waals surface area contributed by atoms with Crippen LogP contribution in [0.15, 0.2) is 101 Å². The van der Waals surface area contributed by atoms with Crippen molar-refractivity contribution in [3.63, 3.8) is 0 Å². The molecule has 0 aliphatic carbocycles. The molecule has 1 amide bonds. The van der Waals surface area contributed by atoms with Crippen LogP contribution in [0.4, 0.5) is 5.69 Å². The molecule has 0 fully saturated rings. The van der Waals surface area contributed by atoms with E-state index in [0.29, 0.717) is 23.1 Å². The van der Waals surface area contributed by atoms with Gasteiger partial charge in [-0.15, -0.1) is 0 Å². The Kier molecular flexibility index (Phi) is 7.02. The first-order chi connectivity index (χ1) is 17.5. The molecule has 0 saturated carbocycles. The first kappa shape index (κ1) is 24.0. The molecule has 7 nitrogen and oxygen atoms in total. The number of fused-ring (bicyclic) bond motifs is 3. The number of hydrogen-bond acceptors (Lipinski definition) is 6. The lowest BCUT2D eigenvalue weighted by molar-refractivity contribution is -0.118. The van der Waals surface area contributed by atoms with Crippen LogP contribution < -0.4 is 9.62 Å². The van der Waals surface area contributed by atoms with Crippen molar-refractivity contribution in [1.29, 1.82) is 0 Å². The van der Waals surface area contributed by atoms with E-state index in [1.807, 2.05) is 78.9 Å². The highest BCUT2D eigenvalue weighted by Crippen LogP contribution is 2.42. The summed E-state index contributed by atoms with van der Waals surface area (Å²) in [5.41, 5.74) is 3.68. The fraction of sp³-hybridized carbons (Fsp3) is 0.148. The van der Waals surface area contributed by atoms with Gasteiger partial charge in [0, 0.05) is 12.1 Å². The van der Waals surface area contributed by atoms with Crippen molar-refractivity contribution in [3.8, 4) is 11.3 Å². The summed E-state index contributed by atoms with van der Waals surface area (Å²) in [7, 11) is -3.86. The number of aromatic nitrogens is 2. The second-order valence-electron chi connectivity index (χ2n) is 8.25. The Labute approximate surface area is 214 Å². The second kappa shape index (κ2) is 10.5. The minimum absolute atomic E-state index is 0.0637. The van der Waals surface area contributed by atoms with Gasteiger partial charge in [0.25, 0.3) is 10.0 Å². The Balaban J connectivity index is 1.32. The number of sulfonamides is 1. The average molecular weight is 517 g/mol. The number of para-hydroxylation sites is 1. The lowest BCUT2D eigenvalue weighted by Gasteiger charge is -2.31. The molecule has 2 heterocycles. The number of anilines is 1. The highest BCUT2D eigenvalue weighted by atomic mass is 32.2. The summed E-state index contributed by atoms with van der Waals surface area (Å²) in [5, 5.41) is 3.26. The number of hydrogen-bond donors (Lipinski definition) is 1. The highest BCUT2D eigenvalue weighted by molar-refractivity contribution is 7.99. The molecule has 36 heavy (non-hydrogen) atoms. The third-order valence-electron chi connectivity index (χ3n) is 5.81. The highest BCUT2D eigenvalue weighted by Gasteiger charge is 2.36. The Bertz CT molecular complexity index is 1480. The van der Waals surface area contributed by atoms with Crippen LogP contribution in [0, 0.1) is 0 Å². The van der Waals surface area contributed by atoms with Crippen molar-refractivity contribution in [1.82, 2.24) is 15.3 Å². The molecule has 0 unspecified atom stereocenters. The molecular weight excluding hydrogens is 492 g/mol. The van der Waals surface area contributed by atoms with E-state index >= 15 is 0 Å². The standard InChI is InChI=1S/C27H24N4O3S2/c32-25(28-16-15-20-9-3-1-4-10-20)19-35-27-29-17-24-26(30-27)22-13-7-8-14-23(22)31(36(24,33)34)18-21-11-5-2-6-12-21/h1-14,17H,15-16,18-19H2,(H,28,32). The first-order valence-electron chi connectivity index (χ1n) is 11.5. The monoisotopic (exact) mass is 516 g/mol. The predicted molar refractivity (Wildman–Crippen MR) is 141 cm³/mol. The molecule has 1 aromatic heterocycles. The van der Waals surface area contributed by atoms with Crippen LogP contribution >= 0.6 is 11.8 Å². The quantitative estimate of drug-likeness (QED) is 0.277. The van der Waals surface area contributed by atoms with Crippen molar-refractivity contribution >= 4 is 33.4 Å². The maximum absolute atomic E-state index is 13.6. The van der Waals surface area contributed by atoms with E-state index in [1.54, 1.807) is 6.07 Å². The second-order valence-corrected chi connectivity index (χ2v) is 11.0. The molecule has 1 aliphatic rings. The smallest absolute Gasteiger partial charge is 0.268 e. The van der Waals surface area contributed by atoms with E-state index < -0.39 is 10.0 Å². The maximum atomic E-state index is 13.6. The van der Waals surface area contributed by atoms with Gasteiger partial charge in [0.1, 0.15) is 4.90 Å². The molecule has 1 N–H and O–H groups in total. The summed E-state index contributed by atoms with van der Waals surface area (Å²) < 4.78 is 28.5. The van der Waals surface area contributed by atoms with Crippen molar-refractivity contribution < 1.29 is 13.2 Å². The van der Waals surface area contributed by atoms with Crippen LogP contribution in [-0.2, 0) is 27.8 Å². The Hall–Kier alpha value is -3.69. The van der Waals surface area contributed by atoms with Crippen LogP contribution in [0.1, 0.15) is 11.1 Å². The van der Waals surface area contributed by atoms with E-state index in [-0.39, 0.29) is 23.1 Å². The number of amides is 1. The summed E-state index contributed by atoms with van der Waals surface area (Å²) in [6.07, 6.45) is 2.10.